The molecule has 1 aromatic heterocycles. The minimum Gasteiger partial charge on any atom is -0.437 e. The summed E-state index contributed by atoms with van der Waals surface area (Å²) in [6.45, 7) is 3.79. The highest BCUT2D eigenvalue weighted by Crippen LogP contribution is 2.48. The van der Waals surface area contributed by atoms with E-state index in [2.05, 4.69) is 4.98 Å². The average Bonchev–Trinajstić information content (AvgIpc) is 2.73. The third-order valence-corrected chi connectivity index (χ3v) is 6.14. The van der Waals surface area contributed by atoms with Crippen LogP contribution in [0.15, 0.2) is 22.6 Å². The Morgan fingerprint density at radius 3 is 2.65 bits per heavy atom. The summed E-state index contributed by atoms with van der Waals surface area (Å²) in [7, 11) is -2.25. The smallest absolute Gasteiger partial charge is 0.203 e. The van der Waals surface area contributed by atoms with Crippen LogP contribution in [0.2, 0.25) is 0 Å². The molecule has 0 amide bonds. The number of aromatic nitrogens is 1. The predicted molar refractivity (Wildman–Crippen MR) is 66.4 cm³/mol. The first-order valence-electron chi connectivity index (χ1n) is 5.69. The Balaban J connectivity index is 2.38. The highest BCUT2D eigenvalue weighted by atomic mass is 31.2. The summed E-state index contributed by atoms with van der Waals surface area (Å²) in [5.41, 5.74) is 0.639. The largest absolute Gasteiger partial charge is 0.437 e. The van der Waals surface area contributed by atoms with E-state index in [1.54, 1.807) is 12.1 Å². The second kappa shape index (κ2) is 4.61. The molecule has 0 bridgehead atoms. The third-order valence-electron chi connectivity index (χ3n) is 2.99. The van der Waals surface area contributed by atoms with Gasteiger partial charge in [0.25, 0.3) is 0 Å². The van der Waals surface area contributed by atoms with Crippen molar-refractivity contribution in [2.45, 2.75) is 20.0 Å². The van der Waals surface area contributed by atoms with E-state index in [1.807, 2.05) is 13.8 Å². The molecule has 3 nitrogen and oxygen atoms in total. The fourth-order valence-electron chi connectivity index (χ4n) is 1.72. The van der Waals surface area contributed by atoms with E-state index >= 15 is 0 Å². The standard InChI is InChI=1S/C12H15FNO2P/c1-3-17(15,4-2)8-11-14-10-7-5-6-9(13)12(10)16-11/h5-7H,3-4,8H2,1-2H3. The van der Waals surface area contributed by atoms with Gasteiger partial charge in [0.05, 0.1) is 13.3 Å². The minimum atomic E-state index is -2.25. The van der Waals surface area contributed by atoms with Crippen LogP contribution in [0.3, 0.4) is 0 Å². The maximum absolute atomic E-state index is 13.4. The number of rotatable bonds is 4. The van der Waals surface area contributed by atoms with Gasteiger partial charge < -0.3 is 8.98 Å². The van der Waals surface area contributed by atoms with Gasteiger partial charge in [0.15, 0.2) is 11.4 Å². The lowest BCUT2D eigenvalue weighted by molar-refractivity contribution is 0.515. The first kappa shape index (κ1) is 12.3. The molecule has 1 heterocycles. The summed E-state index contributed by atoms with van der Waals surface area (Å²) >= 11 is 0. The molecule has 0 spiro atoms. The Labute approximate surface area is 99.4 Å². The normalized spacial score (nSPS) is 12.2. The van der Waals surface area contributed by atoms with Crippen LogP contribution < -0.4 is 0 Å². The zero-order valence-electron chi connectivity index (χ0n) is 9.94. The first-order chi connectivity index (χ1) is 8.08. The Morgan fingerprint density at radius 1 is 1.35 bits per heavy atom. The van der Waals surface area contributed by atoms with E-state index < -0.39 is 13.0 Å². The molecule has 2 aromatic rings. The SMILES string of the molecule is CCP(=O)(CC)Cc1nc2cccc(F)c2o1. The highest BCUT2D eigenvalue weighted by Gasteiger charge is 2.21. The summed E-state index contributed by atoms with van der Waals surface area (Å²) in [5, 5.41) is 0. The van der Waals surface area contributed by atoms with Gasteiger partial charge in [-0.15, -0.1) is 0 Å². The van der Waals surface area contributed by atoms with Crippen LogP contribution >= 0.6 is 7.14 Å². The molecule has 17 heavy (non-hydrogen) atoms. The molecule has 0 saturated heterocycles. The Morgan fingerprint density at radius 2 is 2.06 bits per heavy atom. The van der Waals surface area contributed by atoms with Crippen molar-refractivity contribution in [2.24, 2.45) is 0 Å². The second-order valence-electron chi connectivity index (χ2n) is 4.04. The van der Waals surface area contributed by atoms with Crippen LogP contribution in [0.4, 0.5) is 4.39 Å². The monoisotopic (exact) mass is 255 g/mol. The molecule has 0 aliphatic heterocycles. The molecule has 0 radical (unpaired) electrons. The van der Waals surface area contributed by atoms with Crippen LogP contribution in [-0.2, 0) is 10.7 Å². The first-order valence-corrected chi connectivity index (χ1v) is 7.95. The number of oxazole rings is 1. The van der Waals surface area contributed by atoms with Gasteiger partial charge in [0.1, 0.15) is 5.52 Å². The van der Waals surface area contributed by atoms with Crippen molar-refractivity contribution in [3.63, 3.8) is 0 Å². The highest BCUT2D eigenvalue weighted by molar-refractivity contribution is 7.63. The second-order valence-corrected chi connectivity index (χ2v) is 7.74. The molecule has 0 fully saturated rings. The van der Waals surface area contributed by atoms with Gasteiger partial charge >= 0.3 is 0 Å². The van der Waals surface area contributed by atoms with E-state index in [4.69, 9.17) is 4.42 Å². The van der Waals surface area contributed by atoms with Gasteiger partial charge in [0, 0.05) is 0 Å². The van der Waals surface area contributed by atoms with Crippen LogP contribution in [-0.4, -0.2) is 17.3 Å². The van der Waals surface area contributed by atoms with Gasteiger partial charge in [-0.2, -0.15) is 0 Å². The van der Waals surface area contributed by atoms with Gasteiger partial charge in [-0.3, -0.25) is 0 Å². The summed E-state index contributed by atoms with van der Waals surface area (Å²) in [4.78, 5) is 4.18. The number of hydrogen-bond acceptors (Lipinski definition) is 3. The molecule has 0 N–H and O–H groups in total. The van der Waals surface area contributed by atoms with Crippen LogP contribution in [0.5, 0.6) is 0 Å². The number of halogens is 1. The summed E-state index contributed by atoms with van der Waals surface area (Å²) in [6, 6.07) is 4.61. The molecular weight excluding hydrogens is 240 g/mol. The van der Waals surface area contributed by atoms with E-state index in [0.29, 0.717) is 29.9 Å². The summed E-state index contributed by atoms with van der Waals surface area (Å²) < 4.78 is 31.0. The number of nitrogens with zero attached hydrogens (tertiary/aromatic N) is 1. The lowest BCUT2D eigenvalue weighted by Crippen LogP contribution is -1.94. The van der Waals surface area contributed by atoms with Crippen molar-refractivity contribution < 1.29 is 13.4 Å². The van der Waals surface area contributed by atoms with Crippen molar-refractivity contribution in [1.29, 1.82) is 0 Å². The van der Waals surface area contributed by atoms with Crippen molar-refractivity contribution in [3.8, 4) is 0 Å². The molecule has 5 heteroatoms. The fraction of sp³-hybridized carbons (Fsp3) is 0.417. The number of fused-ring (bicyclic) bond motifs is 1. The molecule has 1 aromatic carbocycles. The van der Waals surface area contributed by atoms with Crippen molar-refractivity contribution in [2.75, 3.05) is 12.3 Å². The van der Waals surface area contributed by atoms with Crippen LogP contribution in [0, 0.1) is 5.82 Å². The summed E-state index contributed by atoms with van der Waals surface area (Å²) in [6.07, 6.45) is 1.55. The van der Waals surface area contributed by atoms with Gasteiger partial charge in [-0.05, 0) is 24.5 Å². The molecule has 92 valence electrons. The Bertz CT molecular complexity index is 571. The average molecular weight is 255 g/mol. The van der Waals surface area contributed by atoms with E-state index in [1.165, 1.54) is 6.07 Å². The fourth-order valence-corrected chi connectivity index (χ4v) is 3.25. The lowest BCUT2D eigenvalue weighted by atomic mass is 10.3. The maximum atomic E-state index is 13.4. The Hall–Kier alpha value is -1.15. The third kappa shape index (κ3) is 2.42. The predicted octanol–water partition coefficient (Wildman–Crippen LogP) is 3.87. The number of para-hydroxylation sites is 1. The quantitative estimate of drug-likeness (QED) is 0.779. The van der Waals surface area contributed by atoms with Crippen LogP contribution in [0.25, 0.3) is 11.1 Å². The zero-order chi connectivity index (χ0) is 12.5. The summed E-state index contributed by atoms with van der Waals surface area (Å²) in [5.74, 6) is -0.0544. The maximum Gasteiger partial charge on any atom is 0.203 e. The van der Waals surface area contributed by atoms with Crippen molar-refractivity contribution in [3.05, 3.63) is 29.9 Å². The molecule has 2 rings (SSSR count). The molecule has 0 unspecified atom stereocenters. The Kier molecular flexibility index (Phi) is 3.34. The van der Waals surface area contributed by atoms with Gasteiger partial charge in [0.2, 0.25) is 5.89 Å². The zero-order valence-corrected chi connectivity index (χ0v) is 10.8. The van der Waals surface area contributed by atoms with E-state index in [9.17, 15) is 8.96 Å². The molecule has 0 saturated carbocycles. The van der Waals surface area contributed by atoms with E-state index in [-0.39, 0.29) is 5.58 Å². The van der Waals surface area contributed by atoms with E-state index in [0.717, 1.165) is 0 Å². The minimum absolute atomic E-state index is 0.154. The molecule has 0 aliphatic rings. The van der Waals surface area contributed by atoms with Gasteiger partial charge in [-0.25, -0.2) is 9.37 Å². The van der Waals surface area contributed by atoms with Gasteiger partial charge in [-0.1, -0.05) is 19.9 Å². The molecule has 0 aliphatic carbocycles. The number of benzene rings is 1. The lowest BCUT2D eigenvalue weighted by Gasteiger charge is -2.10. The molecular formula is C12H15FNO2P. The molecule has 0 atom stereocenters. The number of hydrogen-bond donors (Lipinski definition) is 0. The van der Waals surface area contributed by atoms with Crippen LogP contribution in [0.1, 0.15) is 19.7 Å². The topological polar surface area (TPSA) is 43.1 Å². The van der Waals surface area contributed by atoms with Crippen molar-refractivity contribution >= 4 is 18.2 Å². The van der Waals surface area contributed by atoms with Crippen molar-refractivity contribution in [1.82, 2.24) is 4.98 Å².